The molecule has 1 aliphatic rings. The average Bonchev–Trinajstić information content (AvgIpc) is 2.76. The first-order chi connectivity index (χ1) is 9.08. The molecule has 0 saturated heterocycles. The lowest BCUT2D eigenvalue weighted by atomic mass is 10.1. The number of hydrogen-bond acceptors (Lipinski definition) is 3. The van der Waals surface area contributed by atoms with Gasteiger partial charge < -0.3 is 15.2 Å². The van der Waals surface area contributed by atoms with Crippen molar-refractivity contribution in [2.75, 3.05) is 0 Å². The molecule has 1 aliphatic carbocycles. The summed E-state index contributed by atoms with van der Waals surface area (Å²) >= 11 is 3.55. The van der Waals surface area contributed by atoms with Gasteiger partial charge in [0.1, 0.15) is 11.9 Å². The van der Waals surface area contributed by atoms with Gasteiger partial charge in [-0.1, -0.05) is 26.0 Å². The number of benzene rings is 1. The van der Waals surface area contributed by atoms with Crippen LogP contribution < -0.4 is 10.1 Å². The second-order valence-electron chi connectivity index (χ2n) is 5.42. The van der Waals surface area contributed by atoms with Crippen molar-refractivity contribution in [3.63, 3.8) is 0 Å². The summed E-state index contributed by atoms with van der Waals surface area (Å²) in [4.78, 5) is 0. The van der Waals surface area contributed by atoms with Crippen LogP contribution in [0.25, 0.3) is 0 Å². The van der Waals surface area contributed by atoms with E-state index in [2.05, 4.69) is 41.2 Å². The molecule has 0 spiro atoms. The van der Waals surface area contributed by atoms with Crippen LogP contribution in [-0.4, -0.2) is 23.4 Å². The first kappa shape index (κ1) is 14.8. The zero-order chi connectivity index (χ0) is 13.8. The fraction of sp³-hybridized carbons (Fsp3) is 0.600. The molecule has 0 amide bonds. The zero-order valence-electron chi connectivity index (χ0n) is 11.5. The molecule has 2 N–H and O–H groups in total. The average molecular weight is 328 g/mol. The first-order valence-corrected chi connectivity index (χ1v) is 7.72. The molecule has 0 radical (unpaired) electrons. The molecular formula is C15H22BrNO2. The lowest BCUT2D eigenvalue weighted by molar-refractivity contribution is 0.0592. The second-order valence-corrected chi connectivity index (χ2v) is 6.27. The van der Waals surface area contributed by atoms with E-state index in [1.165, 1.54) is 0 Å². The van der Waals surface area contributed by atoms with Gasteiger partial charge in [-0.2, -0.15) is 0 Å². The third kappa shape index (κ3) is 3.94. The summed E-state index contributed by atoms with van der Waals surface area (Å²) in [6.07, 6.45) is 2.40. The molecule has 1 aromatic rings. The number of aliphatic hydroxyl groups is 1. The highest BCUT2D eigenvalue weighted by molar-refractivity contribution is 9.10. The number of para-hydroxylation sites is 1. The van der Waals surface area contributed by atoms with Crippen molar-refractivity contribution < 1.29 is 9.84 Å². The number of nitrogens with one attached hydrogen (secondary N) is 1. The minimum atomic E-state index is -0.335. The van der Waals surface area contributed by atoms with Crippen molar-refractivity contribution in [1.82, 2.24) is 5.32 Å². The van der Waals surface area contributed by atoms with Crippen molar-refractivity contribution >= 4 is 15.9 Å². The van der Waals surface area contributed by atoms with E-state index in [4.69, 9.17) is 4.74 Å². The Labute approximate surface area is 123 Å². The van der Waals surface area contributed by atoms with Gasteiger partial charge in [0.2, 0.25) is 0 Å². The second kappa shape index (κ2) is 6.73. The number of ether oxygens (including phenoxy) is 1. The van der Waals surface area contributed by atoms with Crippen molar-refractivity contribution in [1.29, 1.82) is 0 Å². The first-order valence-electron chi connectivity index (χ1n) is 6.93. The number of hydrogen-bond donors (Lipinski definition) is 2. The van der Waals surface area contributed by atoms with Gasteiger partial charge in [0.25, 0.3) is 0 Å². The van der Waals surface area contributed by atoms with E-state index >= 15 is 0 Å². The lowest BCUT2D eigenvalue weighted by Gasteiger charge is -2.21. The highest BCUT2D eigenvalue weighted by Gasteiger charge is 2.28. The Balaban J connectivity index is 2.12. The fourth-order valence-electron chi connectivity index (χ4n) is 2.33. The van der Waals surface area contributed by atoms with E-state index in [9.17, 15) is 5.11 Å². The Morgan fingerprint density at radius 3 is 2.84 bits per heavy atom. The Hall–Kier alpha value is -0.580. The maximum Gasteiger partial charge on any atom is 0.138 e. The van der Waals surface area contributed by atoms with Crippen LogP contribution in [0.15, 0.2) is 22.7 Å². The largest absolute Gasteiger partial charge is 0.486 e. The standard InChI is InChI=1S/C15H22BrNO2/c1-10(2)17-9-11-5-3-6-12(16)15(11)19-14-8-4-7-13(14)18/h3,5-6,10,13-14,17-18H,4,7-9H2,1-2H3. The summed E-state index contributed by atoms with van der Waals surface area (Å²) in [6.45, 7) is 5.02. The minimum absolute atomic E-state index is 0.0727. The van der Waals surface area contributed by atoms with E-state index in [-0.39, 0.29) is 12.2 Å². The van der Waals surface area contributed by atoms with Crippen molar-refractivity contribution in [2.45, 2.75) is 57.9 Å². The van der Waals surface area contributed by atoms with E-state index in [0.717, 1.165) is 41.6 Å². The van der Waals surface area contributed by atoms with Gasteiger partial charge in [-0.3, -0.25) is 0 Å². The van der Waals surface area contributed by atoms with Crippen LogP contribution in [0, 0.1) is 0 Å². The third-order valence-electron chi connectivity index (χ3n) is 3.44. The Morgan fingerprint density at radius 1 is 1.42 bits per heavy atom. The maximum atomic E-state index is 9.89. The smallest absolute Gasteiger partial charge is 0.138 e. The molecular weight excluding hydrogens is 306 g/mol. The predicted molar refractivity (Wildman–Crippen MR) is 80.4 cm³/mol. The summed E-state index contributed by atoms with van der Waals surface area (Å²) in [5, 5.41) is 13.3. The van der Waals surface area contributed by atoms with Gasteiger partial charge in [0, 0.05) is 18.2 Å². The number of aliphatic hydroxyl groups excluding tert-OH is 1. The molecule has 19 heavy (non-hydrogen) atoms. The summed E-state index contributed by atoms with van der Waals surface area (Å²) in [7, 11) is 0. The van der Waals surface area contributed by atoms with Crippen molar-refractivity contribution in [2.24, 2.45) is 0 Å². The summed E-state index contributed by atoms with van der Waals surface area (Å²) in [6, 6.07) is 6.50. The zero-order valence-corrected chi connectivity index (χ0v) is 13.1. The Kier molecular flexibility index (Phi) is 5.25. The molecule has 1 aromatic carbocycles. The normalized spacial score (nSPS) is 23.0. The summed E-state index contributed by atoms with van der Waals surface area (Å²) < 4.78 is 7.00. The van der Waals surface area contributed by atoms with Gasteiger partial charge in [-0.15, -0.1) is 0 Å². The van der Waals surface area contributed by atoms with E-state index in [1.807, 2.05) is 12.1 Å². The summed E-state index contributed by atoms with van der Waals surface area (Å²) in [5.41, 5.74) is 1.13. The Bertz CT molecular complexity index is 423. The molecule has 1 saturated carbocycles. The Morgan fingerprint density at radius 2 is 2.21 bits per heavy atom. The van der Waals surface area contributed by atoms with Crippen LogP contribution >= 0.6 is 15.9 Å². The van der Waals surface area contributed by atoms with Crippen LogP contribution in [0.4, 0.5) is 0 Å². The lowest BCUT2D eigenvalue weighted by Crippen LogP contribution is -2.27. The minimum Gasteiger partial charge on any atom is -0.486 e. The van der Waals surface area contributed by atoms with Crippen LogP contribution in [0.3, 0.4) is 0 Å². The molecule has 3 nitrogen and oxygen atoms in total. The molecule has 4 heteroatoms. The topological polar surface area (TPSA) is 41.5 Å². The van der Waals surface area contributed by atoms with E-state index in [0.29, 0.717) is 6.04 Å². The molecule has 0 heterocycles. The van der Waals surface area contributed by atoms with Crippen LogP contribution in [0.5, 0.6) is 5.75 Å². The predicted octanol–water partition coefficient (Wildman–Crippen LogP) is 3.24. The molecule has 2 atom stereocenters. The summed E-state index contributed by atoms with van der Waals surface area (Å²) in [5.74, 6) is 0.863. The van der Waals surface area contributed by atoms with Crippen molar-refractivity contribution in [3.8, 4) is 5.75 Å². The molecule has 1 fully saturated rings. The quantitative estimate of drug-likeness (QED) is 0.872. The highest BCUT2D eigenvalue weighted by atomic mass is 79.9. The fourth-order valence-corrected chi connectivity index (χ4v) is 2.83. The molecule has 0 aromatic heterocycles. The third-order valence-corrected chi connectivity index (χ3v) is 4.06. The van der Waals surface area contributed by atoms with Gasteiger partial charge in [-0.05, 0) is 41.3 Å². The molecule has 106 valence electrons. The van der Waals surface area contributed by atoms with Crippen LogP contribution in [-0.2, 0) is 6.54 Å². The van der Waals surface area contributed by atoms with E-state index < -0.39 is 0 Å². The number of rotatable bonds is 5. The van der Waals surface area contributed by atoms with Gasteiger partial charge in [-0.25, -0.2) is 0 Å². The van der Waals surface area contributed by atoms with Crippen molar-refractivity contribution in [3.05, 3.63) is 28.2 Å². The van der Waals surface area contributed by atoms with Gasteiger partial charge in [0.05, 0.1) is 10.6 Å². The molecule has 2 unspecified atom stereocenters. The SMILES string of the molecule is CC(C)NCc1cccc(Br)c1OC1CCCC1O. The monoisotopic (exact) mass is 327 g/mol. The van der Waals surface area contributed by atoms with Gasteiger partial charge >= 0.3 is 0 Å². The molecule has 2 rings (SSSR count). The number of halogens is 1. The molecule has 0 bridgehead atoms. The molecule has 0 aliphatic heterocycles. The van der Waals surface area contributed by atoms with Crippen LogP contribution in [0.1, 0.15) is 38.7 Å². The maximum absolute atomic E-state index is 9.89. The van der Waals surface area contributed by atoms with E-state index in [1.54, 1.807) is 0 Å². The van der Waals surface area contributed by atoms with Gasteiger partial charge in [0.15, 0.2) is 0 Å². The highest BCUT2D eigenvalue weighted by Crippen LogP contribution is 2.33. The van der Waals surface area contributed by atoms with Crippen LogP contribution in [0.2, 0.25) is 0 Å².